The molecule has 0 amide bonds. The van der Waals surface area contributed by atoms with Gasteiger partial charge < -0.3 is 0 Å². The van der Waals surface area contributed by atoms with Crippen LogP contribution < -0.4 is 0 Å². The van der Waals surface area contributed by atoms with Crippen LogP contribution in [-0.2, 0) is 0 Å². The van der Waals surface area contributed by atoms with Crippen LogP contribution in [0.5, 0.6) is 0 Å². The summed E-state index contributed by atoms with van der Waals surface area (Å²) in [4.78, 5) is 17.2. The lowest BCUT2D eigenvalue weighted by Crippen LogP contribution is -2.10. The molecule has 0 saturated carbocycles. The molecule has 0 bridgehead atoms. The third kappa shape index (κ3) is 3.16. The number of halogens is 1. The van der Waals surface area contributed by atoms with Crippen molar-refractivity contribution in [2.75, 3.05) is 0 Å². The average molecular weight is 397 g/mol. The van der Waals surface area contributed by atoms with Crippen LogP contribution in [0.4, 0.5) is 0 Å². The summed E-state index contributed by atoms with van der Waals surface area (Å²) in [6.07, 6.45) is 0. The Morgan fingerprint density at radius 1 is 1.17 bits per heavy atom. The van der Waals surface area contributed by atoms with Gasteiger partial charge in [-0.15, -0.1) is 11.3 Å². The van der Waals surface area contributed by atoms with Crippen molar-refractivity contribution in [2.24, 2.45) is 0 Å². The first-order valence-electron chi connectivity index (χ1n) is 7.33. The zero-order valence-electron chi connectivity index (χ0n) is 12.9. The number of hydrogen-bond acceptors (Lipinski definition) is 4. The molecule has 24 heavy (non-hydrogen) atoms. The van der Waals surface area contributed by atoms with Gasteiger partial charge in [0.25, 0.3) is 0 Å². The van der Waals surface area contributed by atoms with E-state index in [4.69, 9.17) is 0 Å². The minimum atomic E-state index is -0.897. The van der Waals surface area contributed by atoms with E-state index in [1.807, 2.05) is 37.3 Å². The highest BCUT2D eigenvalue weighted by Gasteiger charge is 2.26. The molecule has 0 aliphatic rings. The summed E-state index contributed by atoms with van der Waals surface area (Å²) in [5.74, 6) is -1.12. The molecule has 0 saturated heterocycles. The first-order valence-corrected chi connectivity index (χ1v) is 8.94. The second kappa shape index (κ2) is 7.08. The van der Waals surface area contributed by atoms with Crippen LogP contribution in [0, 0.1) is 18.3 Å². The summed E-state index contributed by atoms with van der Waals surface area (Å²) < 4.78 is 0.827. The SMILES string of the molecule is Cc1ccccc1-c1nc(C(C#N)C(=O)c2ccccc2)sc1Br. The molecule has 0 N–H and O–H groups in total. The van der Waals surface area contributed by atoms with E-state index in [2.05, 4.69) is 27.0 Å². The normalized spacial score (nSPS) is 11.7. The summed E-state index contributed by atoms with van der Waals surface area (Å²) in [6, 6.07) is 18.9. The van der Waals surface area contributed by atoms with Crippen molar-refractivity contribution < 1.29 is 4.79 Å². The molecule has 0 aliphatic carbocycles. The molecule has 1 atom stereocenters. The van der Waals surface area contributed by atoms with Gasteiger partial charge in [-0.05, 0) is 28.4 Å². The van der Waals surface area contributed by atoms with Gasteiger partial charge >= 0.3 is 0 Å². The number of carbonyl (C=O) groups excluding carboxylic acids is 1. The van der Waals surface area contributed by atoms with Crippen molar-refractivity contribution >= 4 is 33.0 Å². The molecule has 3 rings (SSSR count). The molecule has 2 aromatic carbocycles. The Hall–Kier alpha value is -2.29. The number of thiazole rings is 1. The van der Waals surface area contributed by atoms with Crippen molar-refractivity contribution in [3.05, 3.63) is 74.5 Å². The fourth-order valence-electron chi connectivity index (χ4n) is 2.44. The zero-order valence-corrected chi connectivity index (χ0v) is 15.3. The van der Waals surface area contributed by atoms with Crippen LogP contribution in [0.2, 0.25) is 0 Å². The first-order chi connectivity index (χ1) is 11.6. The van der Waals surface area contributed by atoms with Crippen LogP contribution in [0.15, 0.2) is 58.4 Å². The van der Waals surface area contributed by atoms with Crippen molar-refractivity contribution in [1.82, 2.24) is 4.98 Å². The maximum atomic E-state index is 12.6. The van der Waals surface area contributed by atoms with Gasteiger partial charge in [0, 0.05) is 11.1 Å². The molecule has 0 fully saturated rings. The fourth-order valence-corrected chi connectivity index (χ4v) is 4.09. The molecule has 0 radical (unpaired) electrons. The zero-order chi connectivity index (χ0) is 17.1. The average Bonchev–Trinajstić information content (AvgIpc) is 2.98. The van der Waals surface area contributed by atoms with Crippen LogP contribution in [-0.4, -0.2) is 10.8 Å². The van der Waals surface area contributed by atoms with Gasteiger partial charge in [0.05, 0.1) is 15.5 Å². The number of hydrogen-bond donors (Lipinski definition) is 0. The molecule has 3 nitrogen and oxygen atoms in total. The summed E-state index contributed by atoms with van der Waals surface area (Å²) in [5, 5.41) is 10.0. The quantitative estimate of drug-likeness (QED) is 0.556. The van der Waals surface area contributed by atoms with E-state index in [0.717, 1.165) is 20.6 Å². The lowest BCUT2D eigenvalue weighted by molar-refractivity contribution is 0.0979. The topological polar surface area (TPSA) is 53.8 Å². The number of Topliss-reactive ketones (excluding diaryl/α,β-unsaturated/α-hetero) is 1. The summed E-state index contributed by atoms with van der Waals surface area (Å²) in [7, 11) is 0. The monoisotopic (exact) mass is 396 g/mol. The highest BCUT2D eigenvalue weighted by molar-refractivity contribution is 9.11. The summed E-state index contributed by atoms with van der Waals surface area (Å²) >= 11 is 4.86. The van der Waals surface area contributed by atoms with Gasteiger partial charge in [0.15, 0.2) is 11.7 Å². The number of aryl methyl sites for hydroxylation is 1. The Labute approximate surface area is 152 Å². The number of carbonyl (C=O) groups is 1. The van der Waals surface area contributed by atoms with Gasteiger partial charge in [-0.25, -0.2) is 4.98 Å². The van der Waals surface area contributed by atoms with E-state index in [-0.39, 0.29) is 5.78 Å². The first kappa shape index (κ1) is 16.6. The minimum absolute atomic E-state index is 0.226. The largest absolute Gasteiger partial charge is 0.292 e. The van der Waals surface area contributed by atoms with Crippen molar-refractivity contribution in [3.63, 3.8) is 0 Å². The second-order valence-corrected chi connectivity index (χ2v) is 7.63. The maximum absolute atomic E-state index is 12.6. The summed E-state index contributed by atoms with van der Waals surface area (Å²) in [5.41, 5.74) is 3.38. The van der Waals surface area contributed by atoms with Crippen LogP contribution in [0.3, 0.4) is 0 Å². The molecule has 1 heterocycles. The molecule has 1 unspecified atom stereocenters. The van der Waals surface area contributed by atoms with Gasteiger partial charge in [-0.3, -0.25) is 4.79 Å². The fraction of sp³-hybridized carbons (Fsp3) is 0.105. The molecular formula is C19H13BrN2OS. The minimum Gasteiger partial charge on any atom is -0.292 e. The number of rotatable bonds is 4. The lowest BCUT2D eigenvalue weighted by atomic mass is 9.99. The maximum Gasteiger partial charge on any atom is 0.186 e. The number of ketones is 1. The summed E-state index contributed by atoms with van der Waals surface area (Å²) in [6.45, 7) is 2.01. The Bertz CT molecular complexity index is 928. The Morgan fingerprint density at radius 2 is 1.83 bits per heavy atom. The number of nitrogens with zero attached hydrogens (tertiary/aromatic N) is 2. The van der Waals surface area contributed by atoms with E-state index in [9.17, 15) is 10.1 Å². The number of aromatic nitrogens is 1. The van der Waals surface area contributed by atoms with E-state index in [0.29, 0.717) is 10.6 Å². The van der Waals surface area contributed by atoms with E-state index in [1.54, 1.807) is 24.3 Å². The van der Waals surface area contributed by atoms with E-state index < -0.39 is 5.92 Å². The predicted molar refractivity (Wildman–Crippen MR) is 99.1 cm³/mol. The van der Waals surface area contributed by atoms with Gasteiger partial charge in [-0.1, -0.05) is 54.6 Å². The molecule has 118 valence electrons. The van der Waals surface area contributed by atoms with Crippen molar-refractivity contribution in [1.29, 1.82) is 5.26 Å². The highest BCUT2D eigenvalue weighted by Crippen LogP contribution is 2.37. The lowest BCUT2D eigenvalue weighted by Gasteiger charge is -2.05. The number of nitriles is 1. The molecule has 5 heteroatoms. The molecule has 0 spiro atoms. The van der Waals surface area contributed by atoms with Crippen LogP contribution >= 0.6 is 27.3 Å². The van der Waals surface area contributed by atoms with Crippen LogP contribution in [0.25, 0.3) is 11.3 Å². The van der Waals surface area contributed by atoms with E-state index in [1.165, 1.54) is 11.3 Å². The predicted octanol–water partition coefficient (Wildman–Crippen LogP) is 5.37. The highest BCUT2D eigenvalue weighted by atomic mass is 79.9. The van der Waals surface area contributed by atoms with Gasteiger partial charge in [0.2, 0.25) is 0 Å². The Morgan fingerprint density at radius 3 is 2.50 bits per heavy atom. The number of benzene rings is 2. The third-order valence-electron chi connectivity index (χ3n) is 3.70. The smallest absolute Gasteiger partial charge is 0.186 e. The molecule has 3 aromatic rings. The van der Waals surface area contributed by atoms with E-state index >= 15 is 0 Å². The third-order valence-corrected chi connectivity index (χ3v) is 5.47. The van der Waals surface area contributed by atoms with Crippen molar-refractivity contribution in [2.45, 2.75) is 12.8 Å². The second-order valence-electron chi connectivity index (χ2n) is 5.28. The van der Waals surface area contributed by atoms with Gasteiger partial charge in [0.1, 0.15) is 5.01 Å². The van der Waals surface area contributed by atoms with Crippen molar-refractivity contribution in [3.8, 4) is 17.3 Å². The standard InChI is InChI=1S/C19H13BrN2OS/c1-12-7-5-6-10-14(12)16-18(20)24-19(22-16)15(11-21)17(23)13-8-3-2-4-9-13/h2-10,15H,1H3. The Kier molecular flexibility index (Phi) is 4.89. The molecule has 1 aromatic heterocycles. The van der Waals surface area contributed by atoms with Gasteiger partial charge in [-0.2, -0.15) is 5.26 Å². The molecule has 0 aliphatic heterocycles. The Balaban J connectivity index is 2.01. The molecular weight excluding hydrogens is 384 g/mol. The van der Waals surface area contributed by atoms with Crippen LogP contribution in [0.1, 0.15) is 26.8 Å².